The lowest BCUT2D eigenvalue weighted by Crippen LogP contribution is -2.36. The number of nitrogens with one attached hydrogen (secondary N) is 2. The first-order valence-corrected chi connectivity index (χ1v) is 9.54. The molecule has 1 atom stereocenters. The number of hydrogen-bond donors (Lipinski definition) is 2. The van der Waals surface area contributed by atoms with Crippen LogP contribution in [0, 0.1) is 0 Å². The quantitative estimate of drug-likeness (QED) is 0.824. The van der Waals surface area contributed by atoms with E-state index in [1.165, 1.54) is 18.2 Å². The Labute approximate surface area is 153 Å². The molecule has 2 N–H and O–H groups in total. The summed E-state index contributed by atoms with van der Waals surface area (Å²) in [4.78, 5) is 12.4. The van der Waals surface area contributed by atoms with Gasteiger partial charge in [0, 0.05) is 5.69 Å². The van der Waals surface area contributed by atoms with Gasteiger partial charge in [-0.25, -0.2) is 13.2 Å². The number of alkyl halides is 3. The van der Waals surface area contributed by atoms with Crippen molar-refractivity contribution in [2.45, 2.75) is 23.7 Å². The average molecular weight is 400 g/mol. The third kappa shape index (κ3) is 4.70. The lowest BCUT2D eigenvalue weighted by molar-refractivity contribution is -0.274. The summed E-state index contributed by atoms with van der Waals surface area (Å²) in [5.41, 5.74) is 0.770. The first-order chi connectivity index (χ1) is 12.6. The Bertz CT molecular complexity index is 943. The van der Waals surface area contributed by atoms with Crippen LogP contribution in [0.3, 0.4) is 0 Å². The van der Waals surface area contributed by atoms with Gasteiger partial charge in [-0.3, -0.25) is 0 Å². The lowest BCUT2D eigenvalue weighted by atomic mass is 10.0. The highest BCUT2D eigenvalue weighted by atomic mass is 32.2. The smallest absolute Gasteiger partial charge is 0.406 e. The fraction of sp³-hybridized carbons (Fsp3) is 0.235. The monoisotopic (exact) mass is 400 g/mol. The molecule has 27 heavy (non-hydrogen) atoms. The number of carbonyl (C=O) groups excluding carboxylic acids is 1. The van der Waals surface area contributed by atoms with Gasteiger partial charge >= 0.3 is 12.4 Å². The molecule has 144 valence electrons. The highest BCUT2D eigenvalue weighted by Crippen LogP contribution is 2.32. The summed E-state index contributed by atoms with van der Waals surface area (Å²) in [7, 11) is -3.37. The first kappa shape index (κ1) is 19.0. The number of sulfone groups is 1. The van der Waals surface area contributed by atoms with Crippen molar-refractivity contribution in [2.75, 3.05) is 11.1 Å². The number of fused-ring (bicyclic) bond motifs is 1. The van der Waals surface area contributed by atoms with Crippen molar-refractivity contribution in [1.29, 1.82) is 0 Å². The molecule has 0 fully saturated rings. The summed E-state index contributed by atoms with van der Waals surface area (Å²) in [6.07, 6.45) is -4.56. The van der Waals surface area contributed by atoms with Crippen LogP contribution in [0.4, 0.5) is 23.7 Å². The van der Waals surface area contributed by atoms with Crippen LogP contribution >= 0.6 is 0 Å². The van der Waals surface area contributed by atoms with Crippen molar-refractivity contribution in [2.24, 2.45) is 0 Å². The highest BCUT2D eigenvalue weighted by molar-refractivity contribution is 7.91. The molecule has 0 saturated carbocycles. The minimum absolute atomic E-state index is 0.0849. The number of benzene rings is 2. The van der Waals surface area contributed by atoms with Crippen LogP contribution in [0.25, 0.3) is 0 Å². The molecule has 0 aliphatic carbocycles. The summed E-state index contributed by atoms with van der Waals surface area (Å²) in [6, 6.07) is 10.0. The fourth-order valence-corrected chi connectivity index (χ4v) is 4.43. The summed E-state index contributed by atoms with van der Waals surface area (Å²) in [5.74, 6) is -0.488. The van der Waals surface area contributed by atoms with E-state index in [1.54, 1.807) is 18.2 Å². The van der Waals surface area contributed by atoms with Crippen LogP contribution in [-0.2, 0) is 9.84 Å². The molecule has 0 saturated heterocycles. The number of anilines is 1. The Balaban J connectivity index is 1.66. The maximum atomic E-state index is 12.2. The topological polar surface area (TPSA) is 84.5 Å². The molecule has 2 aromatic rings. The van der Waals surface area contributed by atoms with Crippen molar-refractivity contribution < 1.29 is 31.1 Å². The SMILES string of the molecule is O=C(Nc1ccc(OC(F)(F)F)cc1)NC1CCS(=O)(=O)c2ccccc21. The number of hydrogen-bond acceptors (Lipinski definition) is 4. The molecule has 3 rings (SSSR count). The van der Waals surface area contributed by atoms with E-state index in [-0.39, 0.29) is 22.8 Å². The van der Waals surface area contributed by atoms with Crippen LogP contribution in [0.1, 0.15) is 18.0 Å². The highest BCUT2D eigenvalue weighted by Gasteiger charge is 2.32. The minimum atomic E-state index is -4.79. The van der Waals surface area contributed by atoms with Crippen LogP contribution in [0.5, 0.6) is 5.75 Å². The molecule has 1 heterocycles. The molecule has 10 heteroatoms. The lowest BCUT2D eigenvalue weighted by Gasteiger charge is -2.26. The second-order valence-electron chi connectivity index (χ2n) is 5.87. The largest absolute Gasteiger partial charge is 0.573 e. The maximum Gasteiger partial charge on any atom is 0.573 e. The molecular weight excluding hydrogens is 385 g/mol. The van der Waals surface area contributed by atoms with Crippen LogP contribution in [0.15, 0.2) is 53.4 Å². The standard InChI is InChI=1S/C17H15F3N2O4S/c18-17(19,20)26-12-7-5-11(6-8-12)21-16(23)22-14-9-10-27(24,25)15-4-2-1-3-13(14)15/h1-8,14H,9-10H2,(H2,21,22,23). The van der Waals surface area contributed by atoms with Gasteiger partial charge in [0.1, 0.15) is 5.75 Å². The predicted molar refractivity (Wildman–Crippen MR) is 91.1 cm³/mol. The third-order valence-corrected chi connectivity index (χ3v) is 5.77. The summed E-state index contributed by atoms with van der Waals surface area (Å²) >= 11 is 0. The predicted octanol–water partition coefficient (Wildman–Crippen LogP) is 3.63. The molecule has 6 nitrogen and oxygen atoms in total. The van der Waals surface area contributed by atoms with Crippen molar-refractivity contribution >= 4 is 21.6 Å². The van der Waals surface area contributed by atoms with E-state index >= 15 is 0 Å². The van der Waals surface area contributed by atoms with E-state index in [0.717, 1.165) is 12.1 Å². The Morgan fingerprint density at radius 1 is 1.07 bits per heavy atom. The Kier molecular flexibility index (Phi) is 5.01. The molecule has 0 bridgehead atoms. The summed E-state index contributed by atoms with van der Waals surface area (Å²) in [5, 5.41) is 5.18. The normalized spacial score (nSPS) is 18.3. The van der Waals surface area contributed by atoms with Gasteiger partial charge in [0.05, 0.1) is 16.7 Å². The van der Waals surface area contributed by atoms with Gasteiger partial charge in [0.25, 0.3) is 0 Å². The van der Waals surface area contributed by atoms with Crippen LogP contribution < -0.4 is 15.4 Å². The number of rotatable bonds is 3. The van der Waals surface area contributed by atoms with E-state index in [9.17, 15) is 26.4 Å². The van der Waals surface area contributed by atoms with Crippen LogP contribution in [-0.4, -0.2) is 26.6 Å². The van der Waals surface area contributed by atoms with Gasteiger partial charge in [0.15, 0.2) is 9.84 Å². The van der Waals surface area contributed by atoms with E-state index in [4.69, 9.17) is 0 Å². The van der Waals surface area contributed by atoms with E-state index < -0.39 is 34.0 Å². The van der Waals surface area contributed by atoms with Gasteiger partial charge in [-0.2, -0.15) is 0 Å². The van der Waals surface area contributed by atoms with E-state index in [1.807, 2.05) is 0 Å². The first-order valence-electron chi connectivity index (χ1n) is 7.89. The molecule has 0 radical (unpaired) electrons. The summed E-state index contributed by atoms with van der Waals surface area (Å²) in [6.45, 7) is 0. The summed E-state index contributed by atoms with van der Waals surface area (Å²) < 4.78 is 64.4. The molecule has 2 amide bonds. The Morgan fingerprint density at radius 2 is 1.74 bits per heavy atom. The number of amides is 2. The molecule has 0 aromatic heterocycles. The molecule has 1 aliphatic heterocycles. The Hall–Kier alpha value is -2.75. The number of halogens is 3. The molecular formula is C17H15F3N2O4S. The maximum absolute atomic E-state index is 12.2. The van der Waals surface area contributed by atoms with Gasteiger partial charge in [0.2, 0.25) is 0 Å². The van der Waals surface area contributed by atoms with Crippen molar-refractivity contribution in [3.05, 3.63) is 54.1 Å². The van der Waals surface area contributed by atoms with E-state index in [2.05, 4.69) is 15.4 Å². The zero-order valence-corrected chi connectivity index (χ0v) is 14.6. The second kappa shape index (κ2) is 7.10. The van der Waals surface area contributed by atoms with Gasteiger partial charge in [-0.1, -0.05) is 18.2 Å². The van der Waals surface area contributed by atoms with Gasteiger partial charge in [-0.15, -0.1) is 13.2 Å². The van der Waals surface area contributed by atoms with E-state index in [0.29, 0.717) is 5.56 Å². The molecule has 2 aromatic carbocycles. The third-order valence-electron chi connectivity index (χ3n) is 3.96. The zero-order valence-electron chi connectivity index (χ0n) is 13.8. The van der Waals surface area contributed by atoms with Crippen molar-refractivity contribution in [3.63, 3.8) is 0 Å². The zero-order chi connectivity index (χ0) is 19.7. The average Bonchev–Trinajstić information content (AvgIpc) is 2.58. The number of carbonyl (C=O) groups is 1. The van der Waals surface area contributed by atoms with Crippen LogP contribution in [0.2, 0.25) is 0 Å². The van der Waals surface area contributed by atoms with Crippen molar-refractivity contribution in [1.82, 2.24) is 5.32 Å². The molecule has 0 spiro atoms. The number of ether oxygens (including phenoxy) is 1. The van der Waals surface area contributed by atoms with Crippen molar-refractivity contribution in [3.8, 4) is 5.75 Å². The second-order valence-corrected chi connectivity index (χ2v) is 7.95. The van der Waals surface area contributed by atoms with Gasteiger partial charge < -0.3 is 15.4 Å². The van der Waals surface area contributed by atoms with Gasteiger partial charge in [-0.05, 0) is 42.3 Å². The molecule has 1 aliphatic rings. The number of urea groups is 1. The Morgan fingerprint density at radius 3 is 2.41 bits per heavy atom. The minimum Gasteiger partial charge on any atom is -0.406 e. The molecule has 1 unspecified atom stereocenters. The fourth-order valence-electron chi connectivity index (χ4n) is 2.81.